The van der Waals surface area contributed by atoms with Gasteiger partial charge in [0.1, 0.15) is 11.3 Å². The Morgan fingerprint density at radius 2 is 2.08 bits per heavy atom. The Hall–Kier alpha value is -2.90. The summed E-state index contributed by atoms with van der Waals surface area (Å²) in [6.07, 6.45) is 5.34. The number of aryl methyl sites for hydroxylation is 1. The van der Waals surface area contributed by atoms with E-state index in [1.54, 1.807) is 29.9 Å². The molecule has 124 valence electrons. The van der Waals surface area contributed by atoms with Gasteiger partial charge < -0.3 is 10.4 Å². The van der Waals surface area contributed by atoms with Crippen LogP contribution >= 0.6 is 11.3 Å². The van der Waals surface area contributed by atoms with E-state index >= 15 is 0 Å². The quantitative estimate of drug-likeness (QED) is 0.584. The third kappa shape index (κ3) is 3.07. The van der Waals surface area contributed by atoms with Crippen LogP contribution in [0.15, 0.2) is 48.2 Å². The summed E-state index contributed by atoms with van der Waals surface area (Å²) in [5.41, 5.74) is 3.20. The number of aliphatic hydroxyl groups is 1. The fourth-order valence-electron chi connectivity index (χ4n) is 2.63. The van der Waals surface area contributed by atoms with Crippen molar-refractivity contribution >= 4 is 33.9 Å². The first-order valence-corrected chi connectivity index (χ1v) is 8.61. The molecular weight excluding hydrogens is 334 g/mol. The number of nitrogens with one attached hydrogen (secondary N) is 1. The van der Waals surface area contributed by atoms with Crippen molar-refractivity contribution in [3.63, 3.8) is 0 Å². The molecule has 0 radical (unpaired) electrons. The fraction of sp³-hybridized carbons (Fsp3) is 0.111. The average Bonchev–Trinajstić information content (AvgIpc) is 3.07. The zero-order chi connectivity index (χ0) is 17.2. The van der Waals surface area contributed by atoms with Gasteiger partial charge in [-0.2, -0.15) is 0 Å². The largest absolute Gasteiger partial charge is 0.390 e. The van der Waals surface area contributed by atoms with Gasteiger partial charge in [-0.05, 0) is 19.1 Å². The number of aromatic nitrogens is 4. The maximum absolute atomic E-state index is 9.44. The fourth-order valence-corrected chi connectivity index (χ4v) is 3.18. The summed E-state index contributed by atoms with van der Waals surface area (Å²) in [5.74, 6) is 1.35. The normalized spacial score (nSPS) is 11.0. The maximum Gasteiger partial charge on any atom is 0.158 e. The Balaban J connectivity index is 1.89. The third-order valence-electron chi connectivity index (χ3n) is 3.79. The summed E-state index contributed by atoms with van der Waals surface area (Å²) in [7, 11) is 0. The number of rotatable bonds is 4. The van der Waals surface area contributed by atoms with Crippen LogP contribution in [0.2, 0.25) is 0 Å². The van der Waals surface area contributed by atoms with Gasteiger partial charge in [0.15, 0.2) is 5.82 Å². The van der Waals surface area contributed by atoms with Crippen LogP contribution in [0.1, 0.15) is 10.7 Å². The topological polar surface area (TPSA) is 83.8 Å². The van der Waals surface area contributed by atoms with Gasteiger partial charge in [0.2, 0.25) is 0 Å². The Bertz CT molecular complexity index is 1030. The average molecular weight is 349 g/mol. The highest BCUT2D eigenvalue weighted by Crippen LogP contribution is 2.31. The first kappa shape index (κ1) is 15.6. The summed E-state index contributed by atoms with van der Waals surface area (Å²) >= 11 is 1.57. The lowest BCUT2D eigenvalue weighted by Gasteiger charge is -2.11. The zero-order valence-electron chi connectivity index (χ0n) is 13.5. The predicted octanol–water partition coefficient (Wildman–Crippen LogP) is 3.69. The molecule has 0 fully saturated rings. The minimum atomic E-state index is -0.123. The third-order valence-corrected chi connectivity index (χ3v) is 4.56. The van der Waals surface area contributed by atoms with Gasteiger partial charge in [-0.15, -0.1) is 11.3 Å². The van der Waals surface area contributed by atoms with E-state index in [0.29, 0.717) is 17.0 Å². The first-order valence-electron chi connectivity index (χ1n) is 7.73. The molecule has 2 N–H and O–H groups in total. The van der Waals surface area contributed by atoms with Gasteiger partial charge in [0, 0.05) is 40.5 Å². The Morgan fingerprint density at radius 1 is 1.16 bits per heavy atom. The molecular formula is C18H15N5OS. The van der Waals surface area contributed by atoms with Gasteiger partial charge in [0.25, 0.3) is 0 Å². The lowest BCUT2D eigenvalue weighted by atomic mass is 10.0. The second kappa shape index (κ2) is 6.54. The molecule has 4 aromatic rings. The molecule has 0 saturated heterocycles. The second-order valence-electron chi connectivity index (χ2n) is 5.50. The summed E-state index contributed by atoms with van der Waals surface area (Å²) < 4.78 is 0. The van der Waals surface area contributed by atoms with E-state index in [1.165, 1.54) is 0 Å². The molecule has 0 unspecified atom stereocenters. The second-order valence-corrected chi connectivity index (χ2v) is 6.56. The van der Waals surface area contributed by atoms with Crippen molar-refractivity contribution in [2.75, 3.05) is 5.32 Å². The van der Waals surface area contributed by atoms with Crippen molar-refractivity contribution in [3.05, 3.63) is 58.9 Å². The molecule has 4 aromatic heterocycles. The van der Waals surface area contributed by atoms with Gasteiger partial charge in [-0.25, -0.2) is 15.0 Å². The molecule has 25 heavy (non-hydrogen) atoms. The van der Waals surface area contributed by atoms with E-state index in [1.807, 2.05) is 36.6 Å². The molecule has 0 bridgehead atoms. The lowest BCUT2D eigenvalue weighted by molar-refractivity contribution is 0.277. The minimum Gasteiger partial charge on any atom is -0.390 e. The summed E-state index contributed by atoms with van der Waals surface area (Å²) in [6.45, 7) is 1.83. The molecule has 0 amide bonds. The number of aliphatic hydroxyl groups excluding tert-OH is 1. The number of anilines is 2. The molecule has 0 saturated carbocycles. The van der Waals surface area contributed by atoms with Crippen molar-refractivity contribution in [3.8, 4) is 11.1 Å². The van der Waals surface area contributed by atoms with Crippen molar-refractivity contribution in [1.82, 2.24) is 19.9 Å². The van der Waals surface area contributed by atoms with E-state index in [0.717, 1.165) is 27.3 Å². The molecule has 0 aliphatic carbocycles. The number of pyridine rings is 3. The van der Waals surface area contributed by atoms with Crippen LogP contribution in [0.4, 0.5) is 11.6 Å². The molecule has 4 heterocycles. The minimum absolute atomic E-state index is 0.123. The molecule has 4 rings (SSSR count). The van der Waals surface area contributed by atoms with Gasteiger partial charge >= 0.3 is 0 Å². The van der Waals surface area contributed by atoms with Crippen LogP contribution in [0.3, 0.4) is 0 Å². The Labute approximate surface area is 148 Å². The SMILES string of the molecule is Cc1nc(Nc2ncc(-c3cccnc3)c3ccc(CO)nc23)cs1. The van der Waals surface area contributed by atoms with Crippen LogP contribution in [0, 0.1) is 6.92 Å². The van der Waals surface area contributed by atoms with Crippen molar-refractivity contribution in [2.24, 2.45) is 0 Å². The van der Waals surface area contributed by atoms with Gasteiger partial charge in [0.05, 0.1) is 17.3 Å². The zero-order valence-corrected chi connectivity index (χ0v) is 14.3. The Kier molecular flexibility index (Phi) is 4.09. The lowest BCUT2D eigenvalue weighted by Crippen LogP contribution is -2.00. The smallest absolute Gasteiger partial charge is 0.158 e. The van der Waals surface area contributed by atoms with Crippen molar-refractivity contribution < 1.29 is 5.11 Å². The highest BCUT2D eigenvalue weighted by atomic mass is 32.1. The van der Waals surface area contributed by atoms with E-state index in [-0.39, 0.29) is 6.61 Å². The molecule has 7 heteroatoms. The molecule has 0 atom stereocenters. The number of hydrogen-bond acceptors (Lipinski definition) is 7. The van der Waals surface area contributed by atoms with Crippen LogP contribution in [-0.2, 0) is 6.61 Å². The van der Waals surface area contributed by atoms with E-state index in [2.05, 4.69) is 25.3 Å². The highest BCUT2D eigenvalue weighted by molar-refractivity contribution is 7.09. The highest BCUT2D eigenvalue weighted by Gasteiger charge is 2.12. The van der Waals surface area contributed by atoms with E-state index in [4.69, 9.17) is 0 Å². The van der Waals surface area contributed by atoms with Crippen LogP contribution in [-0.4, -0.2) is 25.0 Å². The molecule has 0 aliphatic rings. The standard InChI is InChI=1S/C18H15N5OS/c1-11-21-16(10-25-11)23-18-17-14(5-4-13(9-24)22-17)15(8-20-18)12-3-2-6-19-7-12/h2-8,10,24H,9H2,1H3,(H,20,23). The number of nitrogens with zero attached hydrogens (tertiary/aromatic N) is 4. The van der Waals surface area contributed by atoms with Crippen LogP contribution in [0.5, 0.6) is 0 Å². The number of hydrogen-bond donors (Lipinski definition) is 2. The predicted molar refractivity (Wildman–Crippen MR) is 98.8 cm³/mol. The van der Waals surface area contributed by atoms with Gasteiger partial charge in [-0.3, -0.25) is 4.98 Å². The molecule has 6 nitrogen and oxygen atoms in total. The monoisotopic (exact) mass is 349 g/mol. The first-order chi connectivity index (χ1) is 12.2. The molecule has 0 spiro atoms. The Morgan fingerprint density at radius 3 is 2.80 bits per heavy atom. The summed E-state index contributed by atoms with van der Waals surface area (Å²) in [5, 5.41) is 16.5. The van der Waals surface area contributed by atoms with Crippen LogP contribution < -0.4 is 5.32 Å². The van der Waals surface area contributed by atoms with E-state index in [9.17, 15) is 5.11 Å². The number of fused-ring (bicyclic) bond motifs is 1. The number of thiazole rings is 1. The molecule has 0 aromatic carbocycles. The van der Waals surface area contributed by atoms with Crippen LogP contribution in [0.25, 0.3) is 22.0 Å². The van der Waals surface area contributed by atoms with Crippen molar-refractivity contribution in [1.29, 1.82) is 0 Å². The van der Waals surface area contributed by atoms with Crippen molar-refractivity contribution in [2.45, 2.75) is 13.5 Å². The summed E-state index contributed by atoms with van der Waals surface area (Å²) in [6, 6.07) is 7.65. The van der Waals surface area contributed by atoms with E-state index < -0.39 is 0 Å². The van der Waals surface area contributed by atoms with Gasteiger partial charge in [-0.1, -0.05) is 12.1 Å². The maximum atomic E-state index is 9.44. The molecule has 0 aliphatic heterocycles. The summed E-state index contributed by atoms with van der Waals surface area (Å²) in [4.78, 5) is 17.7.